The summed E-state index contributed by atoms with van der Waals surface area (Å²) in [5.74, 6) is -1.04. The zero-order valence-corrected chi connectivity index (χ0v) is 16.4. The fourth-order valence-electron chi connectivity index (χ4n) is 4.94. The minimum atomic E-state index is -0.930. The largest absolute Gasteiger partial charge is 0.380 e. The number of likely N-dealkylation sites (tertiary alicyclic amines) is 1. The number of carbonyl (C=O) groups is 2. The summed E-state index contributed by atoms with van der Waals surface area (Å²) in [4.78, 5) is 28.2. The van der Waals surface area contributed by atoms with Crippen molar-refractivity contribution >= 4 is 17.5 Å². The molecule has 2 saturated heterocycles. The third-order valence-electron chi connectivity index (χ3n) is 6.35. The predicted molar refractivity (Wildman–Crippen MR) is 107 cm³/mol. The summed E-state index contributed by atoms with van der Waals surface area (Å²) in [5.41, 5.74) is 1.81. The molecule has 2 fully saturated rings. The van der Waals surface area contributed by atoms with Crippen LogP contribution in [0.2, 0.25) is 0 Å². The number of imide groups is 1. The SMILES string of the molecule is CC1(C[C@@H]2Nc3ccccc3[C@@]23CC(=O)N(Cc2ccccc2)C3=O)OCCO1. The molecule has 0 aliphatic carbocycles. The van der Waals surface area contributed by atoms with Gasteiger partial charge in [0.15, 0.2) is 5.79 Å². The van der Waals surface area contributed by atoms with Gasteiger partial charge in [0, 0.05) is 18.5 Å². The number of rotatable bonds is 4. The van der Waals surface area contributed by atoms with Crippen molar-refractivity contribution in [1.82, 2.24) is 4.90 Å². The molecule has 0 unspecified atom stereocenters. The lowest BCUT2D eigenvalue weighted by molar-refractivity contribution is -0.153. The smallest absolute Gasteiger partial charge is 0.242 e. The van der Waals surface area contributed by atoms with Crippen LogP contribution in [0.15, 0.2) is 54.6 Å². The van der Waals surface area contributed by atoms with E-state index < -0.39 is 11.2 Å². The van der Waals surface area contributed by atoms with Crippen molar-refractivity contribution in [1.29, 1.82) is 0 Å². The highest BCUT2D eigenvalue weighted by Gasteiger charge is 2.62. The van der Waals surface area contributed by atoms with Gasteiger partial charge in [0.05, 0.1) is 25.8 Å². The third kappa shape index (κ3) is 2.86. The molecule has 3 aliphatic heterocycles. The Morgan fingerprint density at radius 3 is 2.48 bits per heavy atom. The summed E-state index contributed by atoms with van der Waals surface area (Å²) in [6, 6.07) is 17.1. The first kappa shape index (κ1) is 18.3. The summed E-state index contributed by atoms with van der Waals surface area (Å²) in [6.07, 6.45) is 0.642. The summed E-state index contributed by atoms with van der Waals surface area (Å²) >= 11 is 0. The fraction of sp³-hybridized carbons (Fsp3) is 0.391. The lowest BCUT2D eigenvalue weighted by atomic mass is 9.73. The number of carbonyl (C=O) groups excluding carboxylic acids is 2. The third-order valence-corrected chi connectivity index (χ3v) is 6.35. The number of hydrogen-bond acceptors (Lipinski definition) is 5. The Hall–Kier alpha value is -2.70. The number of nitrogens with zero attached hydrogens (tertiary/aromatic N) is 1. The normalized spacial score (nSPS) is 27.5. The molecule has 3 heterocycles. The van der Waals surface area contributed by atoms with Gasteiger partial charge in [-0.3, -0.25) is 14.5 Å². The number of ether oxygens (including phenoxy) is 2. The molecule has 3 aliphatic rings. The molecule has 2 aromatic carbocycles. The first-order valence-electron chi connectivity index (χ1n) is 10.0. The van der Waals surface area contributed by atoms with Crippen molar-refractivity contribution < 1.29 is 19.1 Å². The monoisotopic (exact) mass is 392 g/mol. The first-order chi connectivity index (χ1) is 14.0. The molecule has 150 valence electrons. The molecular formula is C23H24N2O4. The van der Waals surface area contributed by atoms with Crippen LogP contribution < -0.4 is 5.32 Å². The van der Waals surface area contributed by atoms with Gasteiger partial charge in [0.1, 0.15) is 5.41 Å². The Morgan fingerprint density at radius 2 is 1.72 bits per heavy atom. The van der Waals surface area contributed by atoms with Crippen LogP contribution >= 0.6 is 0 Å². The number of nitrogens with one attached hydrogen (secondary N) is 1. The van der Waals surface area contributed by atoms with E-state index in [1.807, 2.05) is 61.5 Å². The predicted octanol–water partition coefficient (Wildman–Crippen LogP) is 2.83. The summed E-state index contributed by atoms with van der Waals surface area (Å²) in [6.45, 7) is 3.27. The van der Waals surface area contributed by atoms with Crippen molar-refractivity contribution in [3.05, 3.63) is 65.7 Å². The number of benzene rings is 2. The second kappa shape index (κ2) is 6.68. The minimum Gasteiger partial charge on any atom is -0.380 e. The van der Waals surface area contributed by atoms with E-state index >= 15 is 0 Å². The highest BCUT2D eigenvalue weighted by molar-refractivity contribution is 6.11. The topological polar surface area (TPSA) is 67.9 Å². The fourth-order valence-corrected chi connectivity index (χ4v) is 4.94. The Balaban J connectivity index is 1.52. The molecular weight excluding hydrogens is 368 g/mol. The van der Waals surface area contributed by atoms with Crippen LogP contribution in [0.4, 0.5) is 5.69 Å². The van der Waals surface area contributed by atoms with Gasteiger partial charge in [-0.15, -0.1) is 0 Å². The van der Waals surface area contributed by atoms with Gasteiger partial charge < -0.3 is 14.8 Å². The number of amides is 2. The minimum absolute atomic E-state index is 0.138. The van der Waals surface area contributed by atoms with Crippen molar-refractivity contribution in [3.8, 4) is 0 Å². The molecule has 1 N–H and O–H groups in total. The molecule has 1 spiro atoms. The highest BCUT2D eigenvalue weighted by atomic mass is 16.7. The molecule has 5 rings (SSSR count). The van der Waals surface area contributed by atoms with Gasteiger partial charge in [0.25, 0.3) is 0 Å². The van der Waals surface area contributed by atoms with E-state index in [1.54, 1.807) is 0 Å². The average molecular weight is 392 g/mol. The zero-order valence-electron chi connectivity index (χ0n) is 16.4. The Kier molecular flexibility index (Phi) is 4.22. The summed E-state index contributed by atoms with van der Waals surface area (Å²) in [5, 5.41) is 3.50. The van der Waals surface area contributed by atoms with Crippen molar-refractivity contribution in [2.75, 3.05) is 18.5 Å². The summed E-state index contributed by atoms with van der Waals surface area (Å²) < 4.78 is 11.6. The lowest BCUT2D eigenvalue weighted by Crippen LogP contribution is -2.49. The number of para-hydroxylation sites is 1. The zero-order chi connectivity index (χ0) is 20.1. The average Bonchev–Trinajstić information content (AvgIpc) is 3.35. The quantitative estimate of drug-likeness (QED) is 0.811. The van der Waals surface area contributed by atoms with Gasteiger partial charge in [-0.1, -0.05) is 48.5 Å². The van der Waals surface area contributed by atoms with Gasteiger partial charge in [-0.05, 0) is 24.1 Å². The first-order valence-corrected chi connectivity index (χ1v) is 10.0. The van der Waals surface area contributed by atoms with Crippen molar-refractivity contribution in [2.45, 2.75) is 43.6 Å². The standard InChI is InChI=1S/C23H24N2O4/c1-22(28-11-12-29-22)13-19-23(17-9-5-6-10-18(17)24-19)14-20(26)25(21(23)27)15-16-7-3-2-4-8-16/h2-10,19,24H,11-15H2,1H3/t19-,23-/m0/s1. The maximum Gasteiger partial charge on any atom is 0.242 e. The van der Waals surface area contributed by atoms with Crippen LogP contribution in [0.25, 0.3) is 0 Å². The van der Waals surface area contributed by atoms with Gasteiger partial charge >= 0.3 is 0 Å². The van der Waals surface area contributed by atoms with E-state index in [0.717, 1.165) is 16.8 Å². The maximum atomic E-state index is 13.8. The number of anilines is 1. The van der Waals surface area contributed by atoms with E-state index in [1.165, 1.54) is 4.90 Å². The van der Waals surface area contributed by atoms with Gasteiger partial charge in [-0.25, -0.2) is 0 Å². The van der Waals surface area contributed by atoms with E-state index in [0.29, 0.717) is 26.2 Å². The Bertz CT molecular complexity index is 954. The summed E-state index contributed by atoms with van der Waals surface area (Å²) in [7, 11) is 0. The Morgan fingerprint density at radius 1 is 1.03 bits per heavy atom. The number of hydrogen-bond donors (Lipinski definition) is 1. The van der Waals surface area contributed by atoms with Gasteiger partial charge in [-0.2, -0.15) is 0 Å². The molecule has 2 aromatic rings. The maximum absolute atomic E-state index is 13.8. The van der Waals surface area contributed by atoms with E-state index in [4.69, 9.17) is 9.47 Å². The second-order valence-electron chi connectivity index (χ2n) is 8.20. The number of fused-ring (bicyclic) bond motifs is 2. The molecule has 0 bridgehead atoms. The molecule has 2 atom stereocenters. The van der Waals surface area contributed by atoms with Crippen LogP contribution in [-0.4, -0.2) is 41.8 Å². The second-order valence-corrected chi connectivity index (χ2v) is 8.20. The van der Waals surface area contributed by atoms with E-state index in [2.05, 4.69) is 5.32 Å². The molecule has 0 saturated carbocycles. The van der Waals surface area contributed by atoms with E-state index in [9.17, 15) is 9.59 Å². The molecule has 0 radical (unpaired) electrons. The van der Waals surface area contributed by atoms with Crippen molar-refractivity contribution in [3.63, 3.8) is 0 Å². The van der Waals surface area contributed by atoms with Crippen LogP contribution in [0.3, 0.4) is 0 Å². The lowest BCUT2D eigenvalue weighted by Gasteiger charge is -2.34. The molecule has 6 heteroatoms. The van der Waals surface area contributed by atoms with Gasteiger partial charge in [0.2, 0.25) is 11.8 Å². The van der Waals surface area contributed by atoms with Crippen LogP contribution in [0.5, 0.6) is 0 Å². The molecule has 2 amide bonds. The van der Waals surface area contributed by atoms with E-state index in [-0.39, 0.29) is 24.3 Å². The van der Waals surface area contributed by atoms with Crippen LogP contribution in [0, 0.1) is 0 Å². The van der Waals surface area contributed by atoms with Crippen molar-refractivity contribution in [2.24, 2.45) is 0 Å². The molecule has 0 aromatic heterocycles. The highest BCUT2D eigenvalue weighted by Crippen LogP contribution is 2.51. The Labute approximate surface area is 169 Å². The van der Waals surface area contributed by atoms with Crippen LogP contribution in [-0.2, 0) is 31.0 Å². The molecule has 6 nitrogen and oxygen atoms in total. The van der Waals surface area contributed by atoms with Crippen LogP contribution in [0.1, 0.15) is 30.9 Å². The molecule has 29 heavy (non-hydrogen) atoms.